The number of nitrogens with zero attached hydrogens (tertiary/aromatic N) is 1. The van der Waals surface area contributed by atoms with Crippen molar-refractivity contribution in [2.45, 2.75) is 13.0 Å². The minimum absolute atomic E-state index is 0.0977. The second kappa shape index (κ2) is 7.49. The summed E-state index contributed by atoms with van der Waals surface area (Å²) in [6.45, 7) is 1.54. The van der Waals surface area contributed by atoms with Crippen LogP contribution in [0.4, 0.5) is 5.69 Å². The van der Waals surface area contributed by atoms with E-state index in [1.807, 2.05) is 6.07 Å². The Morgan fingerprint density at radius 3 is 2.50 bits per heavy atom. The molecule has 0 saturated heterocycles. The van der Waals surface area contributed by atoms with Crippen molar-refractivity contribution >= 4 is 29.1 Å². The maximum absolute atomic E-state index is 12.2. The first kappa shape index (κ1) is 17.3. The SMILES string of the molecule is C[C@@H](Oc1ccc(Cl)cc1C(N)=O)C(=O)Nc1ccc(C#N)cc1. The first-order valence-corrected chi connectivity index (χ1v) is 7.35. The Morgan fingerprint density at radius 2 is 1.92 bits per heavy atom. The number of primary amides is 1. The fourth-order valence-electron chi connectivity index (χ4n) is 1.91. The quantitative estimate of drug-likeness (QED) is 0.870. The van der Waals surface area contributed by atoms with Crippen LogP contribution in [0, 0.1) is 11.3 Å². The molecule has 0 spiro atoms. The molecule has 2 aromatic carbocycles. The first-order chi connectivity index (χ1) is 11.4. The molecule has 0 aliphatic heterocycles. The van der Waals surface area contributed by atoms with Crippen molar-refractivity contribution < 1.29 is 14.3 Å². The van der Waals surface area contributed by atoms with Crippen LogP contribution in [0.15, 0.2) is 42.5 Å². The summed E-state index contributed by atoms with van der Waals surface area (Å²) in [6, 6.07) is 12.8. The van der Waals surface area contributed by atoms with Crippen molar-refractivity contribution in [3.8, 4) is 11.8 Å². The largest absolute Gasteiger partial charge is 0.480 e. The highest BCUT2D eigenvalue weighted by molar-refractivity contribution is 6.31. The van der Waals surface area contributed by atoms with Crippen LogP contribution in [-0.4, -0.2) is 17.9 Å². The molecule has 1 atom stereocenters. The highest BCUT2D eigenvalue weighted by atomic mass is 35.5. The molecule has 2 amide bonds. The minimum atomic E-state index is -0.875. The van der Waals surface area contributed by atoms with Gasteiger partial charge in [0.2, 0.25) is 0 Å². The number of nitrogens with two attached hydrogens (primary N) is 1. The molecule has 0 aromatic heterocycles. The van der Waals surface area contributed by atoms with Crippen molar-refractivity contribution in [3.63, 3.8) is 0 Å². The highest BCUT2D eigenvalue weighted by Crippen LogP contribution is 2.23. The molecule has 7 heteroatoms. The number of anilines is 1. The second-order valence-corrected chi connectivity index (χ2v) is 5.38. The van der Waals surface area contributed by atoms with Crippen molar-refractivity contribution in [1.82, 2.24) is 0 Å². The molecule has 0 aliphatic rings. The van der Waals surface area contributed by atoms with Gasteiger partial charge in [0, 0.05) is 10.7 Å². The zero-order valence-corrected chi connectivity index (χ0v) is 13.5. The third-order valence-electron chi connectivity index (χ3n) is 3.16. The molecule has 6 nitrogen and oxygen atoms in total. The number of amides is 2. The van der Waals surface area contributed by atoms with Gasteiger partial charge in [-0.2, -0.15) is 5.26 Å². The van der Waals surface area contributed by atoms with Crippen molar-refractivity contribution in [3.05, 3.63) is 58.6 Å². The molecule has 0 fully saturated rings. The minimum Gasteiger partial charge on any atom is -0.480 e. The zero-order chi connectivity index (χ0) is 17.7. The van der Waals surface area contributed by atoms with Gasteiger partial charge in [0.05, 0.1) is 17.2 Å². The van der Waals surface area contributed by atoms with Gasteiger partial charge in [-0.05, 0) is 49.4 Å². The lowest BCUT2D eigenvalue weighted by atomic mass is 10.2. The molecule has 0 bridgehead atoms. The number of benzene rings is 2. The third kappa shape index (κ3) is 4.24. The number of ether oxygens (including phenoxy) is 1. The molecular formula is C17H14ClN3O3. The van der Waals surface area contributed by atoms with E-state index in [-0.39, 0.29) is 11.3 Å². The van der Waals surface area contributed by atoms with Crippen molar-refractivity contribution in [2.24, 2.45) is 5.73 Å². The molecule has 2 aromatic rings. The number of halogens is 1. The van der Waals surface area contributed by atoms with Crippen molar-refractivity contribution in [2.75, 3.05) is 5.32 Å². The number of nitriles is 1. The Labute approximate surface area is 143 Å². The van der Waals surface area contributed by atoms with Gasteiger partial charge >= 0.3 is 0 Å². The summed E-state index contributed by atoms with van der Waals surface area (Å²) in [6.07, 6.45) is -0.875. The van der Waals surface area contributed by atoms with E-state index in [1.165, 1.54) is 18.2 Å². The van der Waals surface area contributed by atoms with E-state index in [1.54, 1.807) is 31.2 Å². The third-order valence-corrected chi connectivity index (χ3v) is 3.40. The number of carbonyl (C=O) groups is 2. The molecule has 3 N–H and O–H groups in total. The number of rotatable bonds is 5. The Bertz CT molecular complexity index is 813. The zero-order valence-electron chi connectivity index (χ0n) is 12.7. The van der Waals surface area contributed by atoms with E-state index < -0.39 is 17.9 Å². The monoisotopic (exact) mass is 343 g/mol. The van der Waals surface area contributed by atoms with Crippen molar-refractivity contribution in [1.29, 1.82) is 5.26 Å². The summed E-state index contributed by atoms with van der Waals surface area (Å²) in [5.74, 6) is -0.938. The topological polar surface area (TPSA) is 105 Å². The molecule has 0 unspecified atom stereocenters. The van der Waals surface area contributed by atoms with Gasteiger partial charge in [-0.25, -0.2) is 0 Å². The van der Waals surface area contributed by atoms with Gasteiger partial charge in [0.25, 0.3) is 11.8 Å². The molecular weight excluding hydrogens is 330 g/mol. The molecule has 0 radical (unpaired) electrons. The summed E-state index contributed by atoms with van der Waals surface area (Å²) < 4.78 is 5.52. The van der Waals surface area contributed by atoms with Gasteiger partial charge < -0.3 is 15.8 Å². The fraction of sp³-hybridized carbons (Fsp3) is 0.118. The Kier molecular flexibility index (Phi) is 5.40. The predicted molar refractivity (Wildman–Crippen MR) is 89.8 cm³/mol. The molecule has 122 valence electrons. The van der Waals surface area contributed by atoms with Gasteiger partial charge in [-0.1, -0.05) is 11.6 Å². The lowest BCUT2D eigenvalue weighted by molar-refractivity contribution is -0.122. The summed E-state index contributed by atoms with van der Waals surface area (Å²) >= 11 is 5.83. The molecule has 0 heterocycles. The van der Waals surface area contributed by atoms with Crippen LogP contribution in [-0.2, 0) is 4.79 Å². The first-order valence-electron chi connectivity index (χ1n) is 6.97. The fourth-order valence-corrected chi connectivity index (χ4v) is 2.09. The average molecular weight is 344 g/mol. The Morgan fingerprint density at radius 1 is 1.25 bits per heavy atom. The lowest BCUT2D eigenvalue weighted by Gasteiger charge is -2.16. The standard InChI is InChI=1S/C17H14ClN3O3/c1-10(17(23)21-13-5-2-11(9-19)3-6-13)24-15-7-4-12(18)8-14(15)16(20)22/h2-8,10H,1H3,(H2,20,22)(H,21,23)/t10-/m1/s1. The Hall–Kier alpha value is -3.04. The van der Waals surface area contributed by atoms with E-state index in [0.717, 1.165) is 0 Å². The van der Waals surface area contributed by atoms with Crippen LogP contribution < -0.4 is 15.8 Å². The van der Waals surface area contributed by atoms with E-state index in [0.29, 0.717) is 16.3 Å². The smallest absolute Gasteiger partial charge is 0.265 e. The molecule has 24 heavy (non-hydrogen) atoms. The average Bonchev–Trinajstić information content (AvgIpc) is 2.56. The van der Waals surface area contributed by atoms with Gasteiger partial charge in [-0.15, -0.1) is 0 Å². The highest BCUT2D eigenvalue weighted by Gasteiger charge is 2.18. The van der Waals surface area contributed by atoms with E-state index >= 15 is 0 Å². The molecule has 0 aliphatic carbocycles. The summed E-state index contributed by atoms with van der Waals surface area (Å²) in [7, 11) is 0. The maximum Gasteiger partial charge on any atom is 0.265 e. The molecule has 2 rings (SSSR count). The maximum atomic E-state index is 12.2. The van der Waals surface area contributed by atoms with Crippen LogP contribution in [0.1, 0.15) is 22.8 Å². The van der Waals surface area contributed by atoms with E-state index in [2.05, 4.69) is 5.32 Å². The normalized spacial score (nSPS) is 11.2. The van der Waals surface area contributed by atoms with Crippen LogP contribution >= 0.6 is 11.6 Å². The van der Waals surface area contributed by atoms with Crippen LogP contribution in [0.3, 0.4) is 0 Å². The lowest BCUT2D eigenvalue weighted by Crippen LogP contribution is -2.30. The number of hydrogen-bond acceptors (Lipinski definition) is 4. The van der Waals surface area contributed by atoms with E-state index in [4.69, 9.17) is 27.3 Å². The number of nitrogens with one attached hydrogen (secondary N) is 1. The van der Waals surface area contributed by atoms with Crippen LogP contribution in [0.25, 0.3) is 0 Å². The van der Waals surface area contributed by atoms with Crippen LogP contribution in [0.5, 0.6) is 5.75 Å². The van der Waals surface area contributed by atoms with Gasteiger partial charge in [-0.3, -0.25) is 9.59 Å². The second-order valence-electron chi connectivity index (χ2n) is 4.94. The van der Waals surface area contributed by atoms with E-state index in [9.17, 15) is 9.59 Å². The molecule has 0 saturated carbocycles. The van der Waals surface area contributed by atoms with Gasteiger partial charge in [0.15, 0.2) is 6.10 Å². The van der Waals surface area contributed by atoms with Crippen LogP contribution in [0.2, 0.25) is 5.02 Å². The Balaban J connectivity index is 2.09. The van der Waals surface area contributed by atoms with Gasteiger partial charge in [0.1, 0.15) is 5.75 Å². The predicted octanol–water partition coefficient (Wildman–Crippen LogP) is 2.72. The summed E-state index contributed by atoms with van der Waals surface area (Å²) in [4.78, 5) is 23.6. The summed E-state index contributed by atoms with van der Waals surface area (Å²) in [5, 5.41) is 11.7. The number of carbonyl (C=O) groups excluding carboxylic acids is 2. The summed E-state index contributed by atoms with van der Waals surface area (Å²) in [5.41, 5.74) is 6.40. The number of hydrogen-bond donors (Lipinski definition) is 2.